The standard InChI is InChI=1S/C15H17NO4/c1-3-20-15(19)14(18)13(17)11-6-7-12-10(8-11)5-4-9(2)16-12/h4-8,13-14,17-18H,3H2,1-2H3. The topological polar surface area (TPSA) is 79.7 Å². The molecule has 1 aromatic heterocycles. The second-order valence-electron chi connectivity index (χ2n) is 4.55. The molecule has 0 aliphatic rings. The van der Waals surface area contributed by atoms with Crippen molar-refractivity contribution in [2.45, 2.75) is 26.1 Å². The number of rotatable bonds is 4. The van der Waals surface area contributed by atoms with E-state index < -0.39 is 18.2 Å². The minimum absolute atomic E-state index is 0.156. The molecular formula is C15H17NO4. The molecule has 0 spiro atoms. The highest BCUT2D eigenvalue weighted by Crippen LogP contribution is 2.22. The summed E-state index contributed by atoms with van der Waals surface area (Å²) in [5.41, 5.74) is 2.15. The number of aryl methyl sites for hydroxylation is 1. The fourth-order valence-electron chi connectivity index (χ4n) is 1.97. The quantitative estimate of drug-likeness (QED) is 0.827. The van der Waals surface area contributed by atoms with Gasteiger partial charge in [0, 0.05) is 11.1 Å². The lowest BCUT2D eigenvalue weighted by atomic mass is 10.0. The van der Waals surface area contributed by atoms with E-state index in [4.69, 9.17) is 0 Å². The molecule has 2 atom stereocenters. The van der Waals surface area contributed by atoms with Gasteiger partial charge < -0.3 is 14.9 Å². The van der Waals surface area contributed by atoms with Gasteiger partial charge in [-0.25, -0.2) is 4.79 Å². The summed E-state index contributed by atoms with van der Waals surface area (Å²) in [6.45, 7) is 3.69. The van der Waals surface area contributed by atoms with Crippen molar-refractivity contribution in [2.24, 2.45) is 0 Å². The van der Waals surface area contributed by atoms with Crippen molar-refractivity contribution < 1.29 is 19.7 Å². The van der Waals surface area contributed by atoms with Crippen LogP contribution in [0.1, 0.15) is 24.3 Å². The summed E-state index contributed by atoms with van der Waals surface area (Å²) in [7, 11) is 0. The normalized spacial score (nSPS) is 14.0. The first-order valence-electron chi connectivity index (χ1n) is 6.43. The Bertz CT molecular complexity index is 626. The number of carbonyl (C=O) groups is 1. The molecule has 0 fully saturated rings. The lowest BCUT2D eigenvalue weighted by Gasteiger charge is -2.17. The summed E-state index contributed by atoms with van der Waals surface area (Å²) in [4.78, 5) is 15.8. The number of nitrogens with zero attached hydrogens (tertiary/aromatic N) is 1. The smallest absolute Gasteiger partial charge is 0.338 e. The first-order valence-corrected chi connectivity index (χ1v) is 6.43. The van der Waals surface area contributed by atoms with Gasteiger partial charge in [0.1, 0.15) is 6.10 Å². The van der Waals surface area contributed by atoms with Gasteiger partial charge in [0.05, 0.1) is 12.1 Å². The monoisotopic (exact) mass is 275 g/mol. The van der Waals surface area contributed by atoms with Crippen LogP contribution in [0.15, 0.2) is 30.3 Å². The highest BCUT2D eigenvalue weighted by atomic mass is 16.5. The van der Waals surface area contributed by atoms with Crippen molar-refractivity contribution >= 4 is 16.9 Å². The van der Waals surface area contributed by atoms with Crippen molar-refractivity contribution in [3.63, 3.8) is 0 Å². The van der Waals surface area contributed by atoms with Crippen LogP contribution >= 0.6 is 0 Å². The zero-order valence-corrected chi connectivity index (χ0v) is 11.4. The first-order chi connectivity index (χ1) is 9.52. The van der Waals surface area contributed by atoms with Gasteiger partial charge in [-0.3, -0.25) is 4.98 Å². The average molecular weight is 275 g/mol. The predicted octanol–water partition coefficient (Wildman–Crippen LogP) is 1.50. The third-order valence-corrected chi connectivity index (χ3v) is 3.02. The largest absolute Gasteiger partial charge is 0.464 e. The van der Waals surface area contributed by atoms with E-state index in [-0.39, 0.29) is 6.61 Å². The van der Waals surface area contributed by atoms with Crippen LogP contribution in [0.2, 0.25) is 0 Å². The van der Waals surface area contributed by atoms with Crippen LogP contribution in [0.4, 0.5) is 0 Å². The third-order valence-electron chi connectivity index (χ3n) is 3.02. The number of hydrogen-bond acceptors (Lipinski definition) is 5. The predicted molar refractivity (Wildman–Crippen MR) is 74.1 cm³/mol. The van der Waals surface area contributed by atoms with Gasteiger partial charge in [0.2, 0.25) is 0 Å². The molecule has 5 heteroatoms. The molecule has 1 aromatic carbocycles. The van der Waals surface area contributed by atoms with Crippen molar-refractivity contribution in [1.29, 1.82) is 0 Å². The van der Waals surface area contributed by atoms with Crippen LogP contribution in [-0.2, 0) is 9.53 Å². The Labute approximate surface area is 116 Å². The van der Waals surface area contributed by atoms with Crippen molar-refractivity contribution in [3.05, 3.63) is 41.6 Å². The fourth-order valence-corrected chi connectivity index (χ4v) is 1.97. The molecule has 0 amide bonds. The number of carbonyl (C=O) groups excluding carboxylic acids is 1. The lowest BCUT2D eigenvalue weighted by Crippen LogP contribution is -2.29. The maximum absolute atomic E-state index is 11.4. The molecular weight excluding hydrogens is 258 g/mol. The molecule has 0 aliphatic carbocycles. The van der Waals surface area contributed by atoms with Gasteiger partial charge in [0.15, 0.2) is 6.10 Å². The van der Waals surface area contributed by atoms with Crippen LogP contribution in [0.5, 0.6) is 0 Å². The molecule has 0 aliphatic heterocycles. The number of hydrogen-bond donors (Lipinski definition) is 2. The van der Waals surface area contributed by atoms with Gasteiger partial charge >= 0.3 is 5.97 Å². The van der Waals surface area contributed by atoms with Crippen molar-refractivity contribution in [3.8, 4) is 0 Å². The minimum Gasteiger partial charge on any atom is -0.464 e. The van der Waals surface area contributed by atoms with Crippen molar-refractivity contribution in [2.75, 3.05) is 6.61 Å². The number of benzene rings is 1. The zero-order valence-electron chi connectivity index (χ0n) is 11.4. The Hall–Kier alpha value is -1.98. The van der Waals surface area contributed by atoms with E-state index in [9.17, 15) is 15.0 Å². The molecule has 20 heavy (non-hydrogen) atoms. The maximum atomic E-state index is 11.4. The summed E-state index contributed by atoms with van der Waals surface area (Å²) in [6.07, 6.45) is -2.91. The van der Waals surface area contributed by atoms with E-state index in [0.29, 0.717) is 5.56 Å². The van der Waals surface area contributed by atoms with E-state index in [1.165, 1.54) is 0 Å². The number of fused-ring (bicyclic) bond motifs is 1. The second-order valence-corrected chi connectivity index (χ2v) is 4.55. The number of aliphatic hydroxyl groups is 2. The maximum Gasteiger partial charge on any atom is 0.338 e. The van der Waals surface area contributed by atoms with Crippen LogP contribution in [0, 0.1) is 6.92 Å². The van der Waals surface area contributed by atoms with Gasteiger partial charge in [-0.15, -0.1) is 0 Å². The minimum atomic E-state index is -1.59. The Morgan fingerprint density at radius 3 is 2.75 bits per heavy atom. The van der Waals surface area contributed by atoms with Crippen LogP contribution in [0.3, 0.4) is 0 Å². The van der Waals surface area contributed by atoms with Crippen molar-refractivity contribution in [1.82, 2.24) is 4.98 Å². The highest BCUT2D eigenvalue weighted by molar-refractivity contribution is 5.80. The number of aliphatic hydroxyl groups excluding tert-OH is 2. The van der Waals surface area contributed by atoms with Gasteiger partial charge in [-0.1, -0.05) is 12.1 Å². The Morgan fingerprint density at radius 2 is 2.05 bits per heavy atom. The van der Waals surface area contributed by atoms with E-state index in [1.807, 2.05) is 19.1 Å². The van der Waals surface area contributed by atoms with Gasteiger partial charge in [-0.2, -0.15) is 0 Å². The summed E-state index contributed by atoms with van der Waals surface area (Å²) in [6, 6.07) is 8.83. The number of esters is 1. The van der Waals surface area contributed by atoms with E-state index >= 15 is 0 Å². The van der Waals surface area contributed by atoms with E-state index in [0.717, 1.165) is 16.6 Å². The molecule has 106 valence electrons. The summed E-state index contributed by atoms with van der Waals surface area (Å²) in [5.74, 6) is -0.831. The SMILES string of the molecule is CCOC(=O)C(O)C(O)c1ccc2nc(C)ccc2c1. The second kappa shape index (κ2) is 5.98. The average Bonchev–Trinajstić information content (AvgIpc) is 2.45. The molecule has 5 nitrogen and oxygen atoms in total. The molecule has 2 rings (SSSR count). The highest BCUT2D eigenvalue weighted by Gasteiger charge is 2.27. The lowest BCUT2D eigenvalue weighted by molar-refractivity contribution is -0.159. The Morgan fingerprint density at radius 1 is 1.30 bits per heavy atom. The zero-order chi connectivity index (χ0) is 14.7. The molecule has 2 N–H and O–H groups in total. The van der Waals surface area contributed by atoms with Crippen LogP contribution in [-0.4, -0.2) is 33.9 Å². The van der Waals surface area contributed by atoms with Crippen LogP contribution in [0.25, 0.3) is 10.9 Å². The molecule has 0 saturated carbocycles. The fraction of sp³-hybridized carbons (Fsp3) is 0.333. The Balaban J connectivity index is 2.28. The van der Waals surface area contributed by atoms with E-state index in [1.54, 1.807) is 25.1 Å². The summed E-state index contributed by atoms with van der Waals surface area (Å²) in [5, 5.41) is 20.6. The number of ether oxygens (including phenoxy) is 1. The summed E-state index contributed by atoms with van der Waals surface area (Å²) < 4.78 is 4.69. The van der Waals surface area contributed by atoms with Gasteiger partial charge in [0.25, 0.3) is 0 Å². The molecule has 2 unspecified atom stereocenters. The van der Waals surface area contributed by atoms with E-state index in [2.05, 4.69) is 9.72 Å². The van der Waals surface area contributed by atoms with Crippen LogP contribution < -0.4 is 0 Å². The molecule has 0 saturated heterocycles. The Kier molecular flexibility index (Phi) is 4.32. The number of pyridine rings is 1. The molecule has 2 aromatic rings. The summed E-state index contributed by atoms with van der Waals surface area (Å²) >= 11 is 0. The molecule has 0 radical (unpaired) electrons. The number of aromatic nitrogens is 1. The van der Waals surface area contributed by atoms with Gasteiger partial charge in [-0.05, 0) is 37.6 Å². The third kappa shape index (κ3) is 2.95. The molecule has 1 heterocycles. The molecule has 0 bridgehead atoms. The first kappa shape index (κ1) is 14.4.